The molecule has 1 saturated carbocycles. The van der Waals surface area contributed by atoms with Crippen molar-refractivity contribution < 1.29 is 18.3 Å². The fourth-order valence-corrected chi connectivity index (χ4v) is 2.65. The summed E-state index contributed by atoms with van der Waals surface area (Å²) in [6, 6.07) is 2.75. The lowest BCUT2D eigenvalue weighted by molar-refractivity contribution is -0.00232. The lowest BCUT2D eigenvalue weighted by Gasteiger charge is -2.28. The number of hydrogen-bond acceptors (Lipinski definition) is 2. The summed E-state index contributed by atoms with van der Waals surface area (Å²) in [7, 11) is 0. The average Bonchev–Trinajstić information content (AvgIpc) is 2.49. The Morgan fingerprint density at radius 3 is 2.77 bits per heavy atom. The zero-order chi connectivity index (χ0) is 15.9. The molecule has 122 valence electrons. The van der Waals surface area contributed by atoms with Gasteiger partial charge in [0.25, 0.3) is 0 Å². The molecule has 1 aromatic carbocycles. The van der Waals surface area contributed by atoms with E-state index < -0.39 is 17.7 Å². The van der Waals surface area contributed by atoms with Crippen LogP contribution in [0.15, 0.2) is 18.2 Å². The van der Waals surface area contributed by atoms with Crippen molar-refractivity contribution in [2.45, 2.75) is 38.7 Å². The van der Waals surface area contributed by atoms with Gasteiger partial charge in [-0.05, 0) is 30.9 Å². The second-order valence-corrected chi connectivity index (χ2v) is 5.68. The molecular formula is C16H22F2N2O2. The molecule has 1 aliphatic carbocycles. The number of nitrogens with one attached hydrogen (secondary N) is 2. The van der Waals surface area contributed by atoms with Crippen LogP contribution in [0.5, 0.6) is 0 Å². The Morgan fingerprint density at radius 1 is 1.27 bits per heavy atom. The molecule has 0 aromatic heterocycles. The summed E-state index contributed by atoms with van der Waals surface area (Å²) in [6.45, 7) is 3.01. The van der Waals surface area contributed by atoms with Crippen molar-refractivity contribution in [3.63, 3.8) is 0 Å². The Balaban J connectivity index is 1.66. The van der Waals surface area contributed by atoms with Gasteiger partial charge in [0.2, 0.25) is 0 Å². The standard InChI is InChI=1S/C16H22F2N2O2/c1-11-4-2-3-5-15(11)22-9-8-19-16(21)20-12-6-7-13(17)14(18)10-12/h6-7,10-11,15H,2-5,8-9H2,1H3,(H2,19,20,21)/t11-,15-/m1/s1. The molecule has 1 fully saturated rings. The Labute approximate surface area is 129 Å². The van der Waals surface area contributed by atoms with Gasteiger partial charge in [-0.15, -0.1) is 0 Å². The minimum absolute atomic E-state index is 0.207. The molecule has 2 N–H and O–H groups in total. The molecular weight excluding hydrogens is 290 g/mol. The van der Waals surface area contributed by atoms with E-state index in [0.29, 0.717) is 19.1 Å². The molecule has 0 heterocycles. The predicted octanol–water partition coefficient (Wildman–Crippen LogP) is 3.68. The maximum Gasteiger partial charge on any atom is 0.319 e. The maximum atomic E-state index is 13.0. The monoisotopic (exact) mass is 312 g/mol. The molecule has 22 heavy (non-hydrogen) atoms. The summed E-state index contributed by atoms with van der Waals surface area (Å²) in [5.41, 5.74) is 0.207. The quantitative estimate of drug-likeness (QED) is 0.815. The largest absolute Gasteiger partial charge is 0.376 e. The Bertz CT molecular complexity index is 511. The number of carbonyl (C=O) groups is 1. The predicted molar refractivity (Wildman–Crippen MR) is 80.8 cm³/mol. The third-order valence-electron chi connectivity index (χ3n) is 3.93. The number of hydrogen-bond donors (Lipinski definition) is 2. The molecule has 2 amide bonds. The zero-order valence-corrected chi connectivity index (χ0v) is 12.7. The van der Waals surface area contributed by atoms with E-state index in [4.69, 9.17) is 4.74 Å². The van der Waals surface area contributed by atoms with Crippen LogP contribution in [-0.2, 0) is 4.74 Å². The number of rotatable bonds is 5. The number of anilines is 1. The first-order valence-corrected chi connectivity index (χ1v) is 7.68. The van der Waals surface area contributed by atoms with Gasteiger partial charge in [0.1, 0.15) is 0 Å². The highest BCUT2D eigenvalue weighted by Gasteiger charge is 2.21. The van der Waals surface area contributed by atoms with Crippen LogP contribution in [0.1, 0.15) is 32.6 Å². The molecule has 1 aliphatic rings. The topological polar surface area (TPSA) is 50.4 Å². The molecule has 0 radical (unpaired) electrons. The van der Waals surface area contributed by atoms with E-state index in [-0.39, 0.29) is 11.8 Å². The van der Waals surface area contributed by atoms with Crippen molar-refractivity contribution in [2.75, 3.05) is 18.5 Å². The second kappa shape index (κ2) is 8.08. The van der Waals surface area contributed by atoms with Crippen LogP contribution < -0.4 is 10.6 Å². The van der Waals surface area contributed by atoms with E-state index in [1.54, 1.807) is 0 Å². The van der Waals surface area contributed by atoms with Gasteiger partial charge in [0, 0.05) is 18.3 Å². The first-order valence-electron chi connectivity index (χ1n) is 7.68. The van der Waals surface area contributed by atoms with Crippen LogP contribution in [0.25, 0.3) is 0 Å². The van der Waals surface area contributed by atoms with Crippen LogP contribution in [0.3, 0.4) is 0 Å². The van der Waals surface area contributed by atoms with Crippen molar-refractivity contribution in [1.29, 1.82) is 0 Å². The molecule has 0 aliphatic heterocycles. The first-order chi connectivity index (χ1) is 10.6. The molecule has 0 saturated heterocycles. The van der Waals surface area contributed by atoms with E-state index in [9.17, 15) is 13.6 Å². The van der Waals surface area contributed by atoms with E-state index in [2.05, 4.69) is 17.6 Å². The highest BCUT2D eigenvalue weighted by atomic mass is 19.2. The molecule has 6 heteroatoms. The van der Waals surface area contributed by atoms with Crippen molar-refractivity contribution in [2.24, 2.45) is 5.92 Å². The number of amides is 2. The second-order valence-electron chi connectivity index (χ2n) is 5.68. The fourth-order valence-electron chi connectivity index (χ4n) is 2.65. The van der Waals surface area contributed by atoms with Crippen LogP contribution in [0.2, 0.25) is 0 Å². The number of benzene rings is 1. The van der Waals surface area contributed by atoms with Crippen LogP contribution >= 0.6 is 0 Å². The van der Waals surface area contributed by atoms with Gasteiger partial charge in [-0.3, -0.25) is 0 Å². The summed E-state index contributed by atoms with van der Waals surface area (Å²) in [5, 5.41) is 5.07. The van der Waals surface area contributed by atoms with Gasteiger partial charge in [0.05, 0.1) is 12.7 Å². The van der Waals surface area contributed by atoms with Crippen molar-refractivity contribution >= 4 is 11.7 Å². The van der Waals surface area contributed by atoms with E-state index in [1.807, 2.05) is 0 Å². The van der Waals surface area contributed by atoms with Crippen molar-refractivity contribution in [1.82, 2.24) is 5.32 Å². The summed E-state index contributed by atoms with van der Waals surface area (Å²) in [6.07, 6.45) is 4.98. The Morgan fingerprint density at radius 2 is 2.05 bits per heavy atom. The summed E-state index contributed by atoms with van der Waals surface area (Å²) in [5.74, 6) is -1.38. The van der Waals surface area contributed by atoms with Gasteiger partial charge >= 0.3 is 6.03 Å². The van der Waals surface area contributed by atoms with E-state index in [1.165, 1.54) is 25.3 Å². The number of carbonyl (C=O) groups excluding carboxylic acids is 1. The smallest absolute Gasteiger partial charge is 0.319 e. The van der Waals surface area contributed by atoms with Gasteiger partial charge in [-0.25, -0.2) is 13.6 Å². The molecule has 4 nitrogen and oxygen atoms in total. The van der Waals surface area contributed by atoms with Crippen LogP contribution in [0, 0.1) is 17.6 Å². The number of ether oxygens (including phenoxy) is 1. The first kappa shape index (κ1) is 16.7. The molecule has 1 aromatic rings. The minimum atomic E-state index is -0.993. The highest BCUT2D eigenvalue weighted by Crippen LogP contribution is 2.25. The average molecular weight is 312 g/mol. The third-order valence-corrected chi connectivity index (χ3v) is 3.93. The molecule has 0 spiro atoms. The maximum absolute atomic E-state index is 13.0. The molecule has 0 bridgehead atoms. The van der Waals surface area contributed by atoms with Crippen molar-refractivity contribution in [3.8, 4) is 0 Å². The summed E-state index contributed by atoms with van der Waals surface area (Å²) in [4.78, 5) is 11.6. The lowest BCUT2D eigenvalue weighted by atomic mass is 9.88. The molecule has 2 rings (SSSR count). The summed E-state index contributed by atoms with van der Waals surface area (Å²) < 4.78 is 31.6. The number of halogens is 2. The van der Waals surface area contributed by atoms with E-state index in [0.717, 1.165) is 18.6 Å². The van der Waals surface area contributed by atoms with Crippen molar-refractivity contribution in [3.05, 3.63) is 29.8 Å². The molecule has 2 atom stereocenters. The highest BCUT2D eigenvalue weighted by molar-refractivity contribution is 5.89. The fraction of sp³-hybridized carbons (Fsp3) is 0.562. The van der Waals surface area contributed by atoms with E-state index >= 15 is 0 Å². The SMILES string of the molecule is C[C@@H]1CCCC[C@H]1OCCNC(=O)Nc1ccc(F)c(F)c1. The third kappa shape index (κ3) is 4.94. The van der Waals surface area contributed by atoms with Gasteiger partial charge in [0.15, 0.2) is 11.6 Å². The Kier molecular flexibility index (Phi) is 6.12. The number of urea groups is 1. The Hall–Kier alpha value is -1.69. The van der Waals surface area contributed by atoms with Crippen LogP contribution in [0.4, 0.5) is 19.3 Å². The normalized spacial score (nSPS) is 21.4. The summed E-state index contributed by atoms with van der Waals surface area (Å²) >= 11 is 0. The van der Waals surface area contributed by atoms with Gasteiger partial charge in [-0.1, -0.05) is 19.8 Å². The minimum Gasteiger partial charge on any atom is -0.376 e. The van der Waals surface area contributed by atoms with Crippen LogP contribution in [-0.4, -0.2) is 25.3 Å². The molecule has 0 unspecified atom stereocenters. The zero-order valence-electron chi connectivity index (χ0n) is 12.7. The lowest BCUT2D eigenvalue weighted by Crippen LogP contribution is -2.34. The van der Waals surface area contributed by atoms with Gasteiger partial charge in [-0.2, -0.15) is 0 Å². The van der Waals surface area contributed by atoms with Gasteiger partial charge < -0.3 is 15.4 Å².